The number of para-hydroxylation sites is 2. The van der Waals surface area contributed by atoms with Gasteiger partial charge < -0.3 is 9.64 Å². The molecule has 44 heavy (non-hydrogen) atoms. The molecule has 1 saturated heterocycles. The molecule has 7 nitrogen and oxygen atoms in total. The lowest BCUT2D eigenvalue weighted by Gasteiger charge is -2.27. The predicted molar refractivity (Wildman–Crippen MR) is 186 cm³/mol. The Balaban J connectivity index is 1.60. The highest BCUT2D eigenvalue weighted by molar-refractivity contribution is 8.30. The van der Waals surface area contributed by atoms with Crippen LogP contribution in [0.5, 0.6) is 0 Å². The zero-order valence-corrected chi connectivity index (χ0v) is 27.5. The van der Waals surface area contributed by atoms with Gasteiger partial charge in [-0.25, -0.2) is 0 Å². The molecule has 2 aliphatic heterocycles. The molecule has 1 amide bonds. The summed E-state index contributed by atoms with van der Waals surface area (Å²) < 4.78 is 7.55. The van der Waals surface area contributed by atoms with Gasteiger partial charge in [0.05, 0.1) is 4.53 Å². The summed E-state index contributed by atoms with van der Waals surface area (Å²) in [6, 6.07) is 17.0. The van der Waals surface area contributed by atoms with Gasteiger partial charge in [-0.3, -0.25) is 23.9 Å². The molecule has 0 bridgehead atoms. The maximum atomic E-state index is 13.5. The van der Waals surface area contributed by atoms with Gasteiger partial charge in [0.1, 0.15) is 13.9 Å². The molecule has 1 fully saturated rings. The summed E-state index contributed by atoms with van der Waals surface area (Å²) in [6.45, 7) is 7.59. The van der Waals surface area contributed by atoms with Crippen molar-refractivity contribution in [3.63, 3.8) is 0 Å². The monoisotopic (exact) mass is 645 g/mol. The molecule has 0 aliphatic carbocycles. The first-order chi connectivity index (χ1) is 21.4. The Morgan fingerprint density at radius 2 is 1.64 bits per heavy atom. The highest BCUT2D eigenvalue weighted by Gasteiger charge is 2.33. The second kappa shape index (κ2) is 14.4. The van der Waals surface area contributed by atoms with Gasteiger partial charge in [0, 0.05) is 35.6 Å². The van der Waals surface area contributed by atoms with E-state index in [0.717, 1.165) is 47.1 Å². The number of anilines is 2. The SMILES string of the molecule is CCCCCCN1c2ccccc2C(C)=C(/C=C/C=c2/s/c(=C3/SC(=S)N(CC)C3=O)n(COC=O)c2=O)c2ccccc21. The van der Waals surface area contributed by atoms with Crippen molar-refractivity contribution in [2.75, 3.05) is 18.0 Å². The van der Waals surface area contributed by atoms with Crippen LogP contribution in [0.4, 0.5) is 11.4 Å². The molecule has 1 aromatic heterocycles. The molecule has 2 aromatic carbocycles. The number of allylic oxidation sites excluding steroid dienone is 4. The summed E-state index contributed by atoms with van der Waals surface area (Å²) in [5.41, 5.74) is 6.53. The Bertz CT molecular complexity index is 1840. The van der Waals surface area contributed by atoms with Crippen LogP contribution in [0.25, 0.3) is 22.1 Å². The number of benzene rings is 2. The molecule has 0 N–H and O–H groups in total. The van der Waals surface area contributed by atoms with E-state index < -0.39 is 0 Å². The second-order valence-corrected chi connectivity index (χ2v) is 13.1. The lowest BCUT2D eigenvalue weighted by molar-refractivity contribution is -0.132. The average Bonchev–Trinajstić information content (AvgIpc) is 3.47. The summed E-state index contributed by atoms with van der Waals surface area (Å²) in [5.74, 6) is -0.251. The summed E-state index contributed by atoms with van der Waals surface area (Å²) in [5, 5.41) is 0. The molecular weight excluding hydrogens is 611 g/mol. The Morgan fingerprint density at radius 1 is 0.932 bits per heavy atom. The van der Waals surface area contributed by atoms with E-state index in [1.165, 1.54) is 51.3 Å². The third-order valence-electron chi connectivity index (χ3n) is 7.77. The molecule has 3 heterocycles. The number of amides is 1. The third kappa shape index (κ3) is 6.24. The van der Waals surface area contributed by atoms with Crippen molar-refractivity contribution in [2.24, 2.45) is 0 Å². The molecule has 10 heteroatoms. The van der Waals surface area contributed by atoms with E-state index in [9.17, 15) is 14.4 Å². The van der Waals surface area contributed by atoms with E-state index in [2.05, 4.69) is 67.3 Å². The Kier molecular flexibility index (Phi) is 10.3. The van der Waals surface area contributed by atoms with Crippen LogP contribution in [-0.2, 0) is 21.1 Å². The number of ether oxygens (including phenoxy) is 1. The zero-order valence-electron chi connectivity index (χ0n) is 25.1. The van der Waals surface area contributed by atoms with E-state index in [1.54, 1.807) is 6.08 Å². The van der Waals surface area contributed by atoms with Gasteiger partial charge >= 0.3 is 0 Å². The minimum Gasteiger partial charge on any atom is -0.446 e. The second-order valence-electron chi connectivity index (χ2n) is 10.5. The van der Waals surface area contributed by atoms with Gasteiger partial charge in [0.25, 0.3) is 17.9 Å². The third-order valence-corrected chi connectivity index (χ3v) is 10.5. The van der Waals surface area contributed by atoms with E-state index in [-0.39, 0.29) is 24.7 Å². The summed E-state index contributed by atoms with van der Waals surface area (Å²) in [7, 11) is 0. The van der Waals surface area contributed by atoms with Crippen molar-refractivity contribution in [3.8, 4) is 0 Å². The van der Waals surface area contributed by atoms with Crippen LogP contribution in [0, 0.1) is 0 Å². The molecule has 0 radical (unpaired) electrons. The Morgan fingerprint density at radius 3 is 2.32 bits per heavy atom. The average molecular weight is 646 g/mol. The van der Waals surface area contributed by atoms with Crippen LogP contribution in [0.1, 0.15) is 57.6 Å². The number of thioether (sulfide) groups is 1. The number of aromatic nitrogens is 1. The van der Waals surface area contributed by atoms with Crippen LogP contribution in [0.2, 0.25) is 0 Å². The van der Waals surface area contributed by atoms with Crippen molar-refractivity contribution in [2.45, 2.75) is 53.2 Å². The maximum Gasteiger partial charge on any atom is 0.294 e. The van der Waals surface area contributed by atoms with Gasteiger partial charge in [0.15, 0.2) is 6.73 Å². The lowest BCUT2D eigenvalue weighted by atomic mass is 9.95. The molecule has 0 spiro atoms. The topological polar surface area (TPSA) is 71.8 Å². The highest BCUT2D eigenvalue weighted by Crippen LogP contribution is 2.44. The normalized spacial score (nSPS) is 16.6. The van der Waals surface area contributed by atoms with Crippen LogP contribution in [0.15, 0.2) is 65.5 Å². The molecule has 3 aromatic rings. The maximum absolute atomic E-state index is 13.5. The number of thiocarbonyl (C=S) groups is 1. The number of fused-ring (bicyclic) bond motifs is 2. The molecule has 228 valence electrons. The van der Waals surface area contributed by atoms with Gasteiger partial charge in [-0.05, 0) is 49.6 Å². The molecule has 0 atom stereocenters. The van der Waals surface area contributed by atoms with Gasteiger partial charge in [-0.2, -0.15) is 0 Å². The lowest BCUT2D eigenvalue weighted by Crippen LogP contribution is -2.34. The fourth-order valence-corrected chi connectivity index (χ4v) is 8.13. The molecule has 5 rings (SSSR count). The minimum absolute atomic E-state index is 0.251. The standard InChI is InChI=1S/C34H35N3O4S3/c1-4-6-7-12-20-36-27-17-10-8-14-25(27)23(3)24(26-15-9-11-18-28(26)36)16-13-19-29-31(39)37(21-41-22-38)33(43-29)30-32(40)35(5-2)34(42)44-30/h8-11,13-19,22H,4-7,12,20-21H2,1-3H3/b16-13+,29-19+,33-30+. The number of hydrogen-bond acceptors (Lipinski definition) is 8. The van der Waals surface area contributed by atoms with Gasteiger partial charge in [-0.1, -0.05) is 98.7 Å². The van der Waals surface area contributed by atoms with Crippen molar-refractivity contribution >= 4 is 85.5 Å². The molecule has 2 aliphatic rings. The van der Waals surface area contributed by atoms with Crippen LogP contribution in [-0.4, -0.2) is 39.3 Å². The number of carbonyl (C=O) groups excluding carboxylic acids is 2. The number of nitrogens with zero attached hydrogens (tertiary/aromatic N) is 3. The molecular formula is C34H35N3O4S3. The largest absolute Gasteiger partial charge is 0.446 e. The van der Waals surface area contributed by atoms with E-state index >= 15 is 0 Å². The van der Waals surface area contributed by atoms with Crippen molar-refractivity contribution in [3.05, 3.63) is 91.4 Å². The number of carbonyl (C=O) groups is 2. The quantitative estimate of drug-likeness (QED) is 0.143. The Hall–Kier alpha value is -3.73. The summed E-state index contributed by atoms with van der Waals surface area (Å²) in [6.07, 6.45) is 10.4. The van der Waals surface area contributed by atoms with E-state index in [1.807, 2.05) is 19.1 Å². The van der Waals surface area contributed by atoms with Crippen LogP contribution in [0.3, 0.4) is 0 Å². The highest BCUT2D eigenvalue weighted by atomic mass is 32.2. The van der Waals surface area contributed by atoms with E-state index in [0.29, 0.717) is 25.0 Å². The van der Waals surface area contributed by atoms with Crippen LogP contribution < -0.4 is 19.7 Å². The van der Waals surface area contributed by atoms with Crippen molar-refractivity contribution < 1.29 is 14.3 Å². The molecule has 0 unspecified atom stereocenters. The number of thiazole rings is 1. The number of rotatable bonds is 11. The zero-order chi connectivity index (χ0) is 31.2. The van der Waals surface area contributed by atoms with E-state index in [4.69, 9.17) is 17.0 Å². The fraction of sp³-hybridized carbons (Fsp3) is 0.294. The Labute approximate surface area is 270 Å². The van der Waals surface area contributed by atoms with Crippen molar-refractivity contribution in [1.82, 2.24) is 9.47 Å². The molecule has 0 saturated carbocycles. The smallest absolute Gasteiger partial charge is 0.294 e. The first-order valence-corrected chi connectivity index (χ1v) is 16.8. The minimum atomic E-state index is -0.339. The predicted octanol–water partition coefficient (Wildman–Crippen LogP) is 6.03. The van der Waals surface area contributed by atoms with Crippen molar-refractivity contribution in [1.29, 1.82) is 0 Å². The van der Waals surface area contributed by atoms with Gasteiger partial charge in [0.2, 0.25) is 0 Å². The van der Waals surface area contributed by atoms with Crippen LogP contribution >= 0.6 is 35.3 Å². The number of unbranched alkanes of at least 4 members (excludes halogenated alkanes) is 3. The van der Waals surface area contributed by atoms with Gasteiger partial charge in [-0.15, -0.1) is 11.3 Å². The fourth-order valence-electron chi connectivity index (χ4n) is 5.55. The number of hydrogen-bond donors (Lipinski definition) is 0. The first-order valence-electron chi connectivity index (χ1n) is 14.8. The summed E-state index contributed by atoms with van der Waals surface area (Å²) in [4.78, 5) is 41.8. The first kappa shape index (κ1) is 31.7. The summed E-state index contributed by atoms with van der Waals surface area (Å²) >= 11 is 7.73.